The summed E-state index contributed by atoms with van der Waals surface area (Å²) < 4.78 is 56.5. The summed E-state index contributed by atoms with van der Waals surface area (Å²) in [6, 6.07) is 12.3. The minimum Gasteiger partial charge on any atom is -0.348 e. The fraction of sp³-hybridized carbons (Fsp3) is 0.174. The molecule has 5 nitrogen and oxygen atoms in total. The molecule has 1 N–H and O–H groups in total. The van der Waals surface area contributed by atoms with Gasteiger partial charge in [0.1, 0.15) is 17.7 Å². The van der Waals surface area contributed by atoms with Crippen LogP contribution < -0.4 is 9.62 Å². The van der Waals surface area contributed by atoms with E-state index in [-0.39, 0.29) is 15.5 Å². The molecule has 0 spiro atoms. The highest BCUT2D eigenvalue weighted by Crippen LogP contribution is 2.32. The van der Waals surface area contributed by atoms with Crippen LogP contribution in [0.15, 0.2) is 71.6 Å². The van der Waals surface area contributed by atoms with Crippen LogP contribution in [0, 0.1) is 11.6 Å². The van der Waals surface area contributed by atoms with Crippen LogP contribution in [0.25, 0.3) is 0 Å². The van der Waals surface area contributed by atoms with Gasteiger partial charge in [-0.05, 0) is 62.4 Å². The van der Waals surface area contributed by atoms with Crippen molar-refractivity contribution in [1.82, 2.24) is 5.32 Å². The summed E-state index contributed by atoms with van der Waals surface area (Å²) in [5, 5.41) is 2.98. The number of amides is 1. The number of rotatable bonds is 7. The molecule has 174 valence electrons. The molecule has 33 heavy (non-hydrogen) atoms. The van der Waals surface area contributed by atoms with E-state index in [2.05, 4.69) is 5.32 Å². The standard InChI is InChI=1S/C23H20Cl2F2N2O3S/c1-14(19-5-3-4-6-20(19)26)28-23(30)15(2)29(22-13-17(25)9-12-21(22)27)33(31,32)18-10-7-16(24)8-11-18/h3-15H,1-2H3,(H,28,30)/t14?,15-/m1/s1. The lowest BCUT2D eigenvalue weighted by Gasteiger charge is -2.31. The van der Waals surface area contributed by atoms with Gasteiger partial charge in [0.25, 0.3) is 10.0 Å². The molecule has 0 aliphatic rings. The molecule has 0 heterocycles. The van der Waals surface area contributed by atoms with E-state index >= 15 is 0 Å². The van der Waals surface area contributed by atoms with E-state index in [4.69, 9.17) is 23.2 Å². The zero-order chi connectivity index (χ0) is 24.3. The first-order chi connectivity index (χ1) is 15.5. The molecular formula is C23H20Cl2F2N2O3S. The van der Waals surface area contributed by atoms with E-state index < -0.39 is 45.3 Å². The Labute approximate surface area is 201 Å². The first-order valence-corrected chi connectivity index (χ1v) is 12.0. The Bertz CT molecular complexity index is 1270. The molecule has 0 radical (unpaired) electrons. The molecule has 3 rings (SSSR count). The Morgan fingerprint density at radius 3 is 2.15 bits per heavy atom. The molecule has 0 aliphatic carbocycles. The van der Waals surface area contributed by atoms with Gasteiger partial charge in [-0.3, -0.25) is 9.10 Å². The van der Waals surface area contributed by atoms with Crippen molar-refractivity contribution in [3.8, 4) is 0 Å². The van der Waals surface area contributed by atoms with Crippen LogP contribution >= 0.6 is 23.2 Å². The molecule has 1 amide bonds. The number of sulfonamides is 1. The van der Waals surface area contributed by atoms with Gasteiger partial charge in [0.15, 0.2) is 0 Å². The summed E-state index contributed by atoms with van der Waals surface area (Å²) >= 11 is 11.9. The second-order valence-electron chi connectivity index (χ2n) is 7.28. The third kappa shape index (κ3) is 5.46. The summed E-state index contributed by atoms with van der Waals surface area (Å²) in [5.74, 6) is -2.18. The number of carbonyl (C=O) groups excluding carboxylic acids is 1. The van der Waals surface area contributed by atoms with Gasteiger partial charge in [0.2, 0.25) is 5.91 Å². The molecule has 0 aromatic heterocycles. The van der Waals surface area contributed by atoms with Crippen molar-refractivity contribution in [2.45, 2.75) is 30.8 Å². The van der Waals surface area contributed by atoms with Crippen molar-refractivity contribution in [1.29, 1.82) is 0 Å². The van der Waals surface area contributed by atoms with Crippen LogP contribution in [0.2, 0.25) is 10.0 Å². The lowest BCUT2D eigenvalue weighted by Crippen LogP contribution is -2.49. The van der Waals surface area contributed by atoms with Crippen molar-refractivity contribution in [3.05, 3.63) is 94.0 Å². The molecule has 0 saturated heterocycles. The van der Waals surface area contributed by atoms with Crippen LogP contribution in [-0.2, 0) is 14.8 Å². The minimum absolute atomic E-state index is 0.0787. The van der Waals surface area contributed by atoms with Gasteiger partial charge in [0, 0.05) is 15.6 Å². The van der Waals surface area contributed by atoms with E-state index in [1.54, 1.807) is 13.0 Å². The van der Waals surface area contributed by atoms with E-state index in [9.17, 15) is 22.0 Å². The molecule has 0 fully saturated rings. The molecule has 10 heteroatoms. The highest BCUT2D eigenvalue weighted by molar-refractivity contribution is 7.93. The number of hydrogen-bond acceptors (Lipinski definition) is 3. The zero-order valence-corrected chi connectivity index (χ0v) is 19.9. The Hall–Kier alpha value is -2.68. The summed E-state index contributed by atoms with van der Waals surface area (Å²) in [7, 11) is -4.42. The Balaban J connectivity index is 2.03. The highest BCUT2D eigenvalue weighted by Gasteiger charge is 2.35. The van der Waals surface area contributed by atoms with Gasteiger partial charge in [-0.15, -0.1) is 0 Å². The number of halogens is 4. The summed E-state index contributed by atoms with van der Waals surface area (Å²) in [6.45, 7) is 2.86. The van der Waals surface area contributed by atoms with Crippen LogP contribution in [-0.4, -0.2) is 20.4 Å². The fourth-order valence-electron chi connectivity index (χ4n) is 3.27. The largest absolute Gasteiger partial charge is 0.348 e. The van der Waals surface area contributed by atoms with Crippen LogP contribution in [0.1, 0.15) is 25.5 Å². The van der Waals surface area contributed by atoms with Crippen molar-refractivity contribution < 1.29 is 22.0 Å². The predicted octanol–water partition coefficient (Wildman–Crippen LogP) is 5.73. The van der Waals surface area contributed by atoms with Crippen molar-refractivity contribution in [3.63, 3.8) is 0 Å². The third-order valence-corrected chi connectivity index (χ3v) is 7.36. The molecule has 3 aromatic carbocycles. The second kappa shape index (κ2) is 10.1. The summed E-state index contributed by atoms with van der Waals surface area (Å²) in [5.41, 5.74) is -0.183. The first-order valence-electron chi connectivity index (χ1n) is 9.82. The van der Waals surface area contributed by atoms with Crippen LogP contribution in [0.4, 0.5) is 14.5 Å². The maximum absolute atomic E-state index is 14.8. The normalized spacial score (nSPS) is 13.3. The average molecular weight is 513 g/mol. The lowest BCUT2D eigenvalue weighted by molar-refractivity contribution is -0.122. The Morgan fingerprint density at radius 1 is 0.909 bits per heavy atom. The van der Waals surface area contributed by atoms with Crippen molar-refractivity contribution in [2.24, 2.45) is 0 Å². The SMILES string of the molecule is CC(NC(=O)[C@@H](C)N(c1cc(Cl)ccc1F)S(=O)(=O)c1ccc(Cl)cc1)c1ccccc1F. The van der Waals surface area contributed by atoms with Gasteiger partial charge in [0.05, 0.1) is 16.6 Å². The number of nitrogens with zero attached hydrogens (tertiary/aromatic N) is 1. The predicted molar refractivity (Wildman–Crippen MR) is 125 cm³/mol. The number of anilines is 1. The molecule has 3 aromatic rings. The second-order valence-corrected chi connectivity index (χ2v) is 9.97. The first kappa shape index (κ1) is 25.0. The third-order valence-electron chi connectivity index (χ3n) is 4.98. The Morgan fingerprint density at radius 2 is 1.52 bits per heavy atom. The van der Waals surface area contributed by atoms with Crippen LogP contribution in [0.3, 0.4) is 0 Å². The topological polar surface area (TPSA) is 66.5 Å². The van der Waals surface area contributed by atoms with E-state index in [1.165, 1.54) is 55.5 Å². The molecule has 0 aliphatic heterocycles. The summed E-state index contributed by atoms with van der Waals surface area (Å²) in [4.78, 5) is 12.9. The van der Waals surface area contributed by atoms with Gasteiger partial charge in [-0.1, -0.05) is 41.4 Å². The quantitative estimate of drug-likeness (QED) is 0.439. The number of carbonyl (C=O) groups is 1. The monoisotopic (exact) mass is 512 g/mol. The van der Waals surface area contributed by atoms with Crippen LogP contribution in [0.5, 0.6) is 0 Å². The van der Waals surface area contributed by atoms with E-state index in [0.29, 0.717) is 9.33 Å². The fourth-order valence-corrected chi connectivity index (χ4v) is 5.18. The average Bonchev–Trinajstić information content (AvgIpc) is 2.76. The lowest BCUT2D eigenvalue weighted by atomic mass is 10.1. The van der Waals surface area contributed by atoms with E-state index in [1.807, 2.05) is 0 Å². The maximum atomic E-state index is 14.8. The highest BCUT2D eigenvalue weighted by atomic mass is 35.5. The smallest absolute Gasteiger partial charge is 0.265 e. The molecular weight excluding hydrogens is 493 g/mol. The van der Waals surface area contributed by atoms with Gasteiger partial charge in [-0.25, -0.2) is 17.2 Å². The van der Waals surface area contributed by atoms with Gasteiger partial charge in [-0.2, -0.15) is 0 Å². The number of nitrogens with one attached hydrogen (secondary N) is 1. The zero-order valence-electron chi connectivity index (χ0n) is 17.6. The number of benzene rings is 3. The molecule has 0 saturated carbocycles. The maximum Gasteiger partial charge on any atom is 0.265 e. The molecule has 1 unspecified atom stereocenters. The molecule has 0 bridgehead atoms. The Kier molecular flexibility index (Phi) is 7.62. The minimum atomic E-state index is -4.42. The summed E-state index contributed by atoms with van der Waals surface area (Å²) in [6.07, 6.45) is 0. The van der Waals surface area contributed by atoms with E-state index in [0.717, 1.165) is 12.1 Å². The number of hydrogen-bond donors (Lipinski definition) is 1. The van der Waals surface area contributed by atoms with Crippen molar-refractivity contribution >= 4 is 44.8 Å². The van der Waals surface area contributed by atoms with Gasteiger partial charge >= 0.3 is 0 Å². The molecule has 2 atom stereocenters. The van der Waals surface area contributed by atoms with Gasteiger partial charge < -0.3 is 5.32 Å². The van der Waals surface area contributed by atoms with Crippen molar-refractivity contribution in [2.75, 3.05) is 4.31 Å².